The number of carboxylic acid groups (broad SMARTS) is 1. The van der Waals surface area contributed by atoms with Crippen molar-refractivity contribution < 1.29 is 9.90 Å². The standard InChI is InChI=1S/C12H11N3O2S/c16-12(17)10-7-13-11(18-10)4-3-8-6-14-15-5-1-2-9(8)15/h3-4,6-7H,1-2,5H2,(H,16,17). The molecule has 0 unspecified atom stereocenters. The zero-order chi connectivity index (χ0) is 12.5. The lowest BCUT2D eigenvalue weighted by atomic mass is 10.2. The molecule has 0 bridgehead atoms. The number of aromatic carboxylic acids is 1. The highest BCUT2D eigenvalue weighted by molar-refractivity contribution is 7.14. The van der Waals surface area contributed by atoms with Gasteiger partial charge in [-0.05, 0) is 25.0 Å². The molecule has 3 heterocycles. The van der Waals surface area contributed by atoms with E-state index in [4.69, 9.17) is 5.11 Å². The third-order valence-corrected chi connectivity index (χ3v) is 3.85. The molecule has 2 aromatic heterocycles. The SMILES string of the molecule is O=C(O)c1cnc(C=Cc2cnn3c2CCC3)s1. The van der Waals surface area contributed by atoms with Crippen LogP contribution in [0.3, 0.4) is 0 Å². The number of aryl methyl sites for hydroxylation is 1. The first kappa shape index (κ1) is 11.2. The summed E-state index contributed by atoms with van der Waals surface area (Å²) in [6.45, 7) is 0.990. The zero-order valence-electron chi connectivity index (χ0n) is 9.54. The van der Waals surface area contributed by atoms with Gasteiger partial charge in [0.15, 0.2) is 0 Å². The monoisotopic (exact) mass is 261 g/mol. The molecule has 0 aliphatic carbocycles. The van der Waals surface area contributed by atoms with Gasteiger partial charge in [0.2, 0.25) is 0 Å². The molecule has 0 spiro atoms. The molecule has 2 aromatic rings. The van der Waals surface area contributed by atoms with Crippen LogP contribution in [0.4, 0.5) is 0 Å². The van der Waals surface area contributed by atoms with Crippen molar-refractivity contribution in [2.24, 2.45) is 0 Å². The predicted octanol–water partition coefficient (Wildman–Crippen LogP) is 2.15. The van der Waals surface area contributed by atoms with Gasteiger partial charge in [0.1, 0.15) is 9.88 Å². The molecule has 0 saturated carbocycles. The van der Waals surface area contributed by atoms with Gasteiger partial charge in [-0.2, -0.15) is 5.10 Å². The molecular weight excluding hydrogens is 250 g/mol. The Kier molecular flexibility index (Phi) is 2.71. The third-order valence-electron chi connectivity index (χ3n) is 2.90. The largest absolute Gasteiger partial charge is 0.477 e. The average molecular weight is 261 g/mol. The molecule has 1 aliphatic heterocycles. The van der Waals surface area contributed by atoms with Gasteiger partial charge in [-0.25, -0.2) is 9.78 Å². The molecular formula is C12H11N3O2S. The minimum absolute atomic E-state index is 0.259. The summed E-state index contributed by atoms with van der Waals surface area (Å²) in [5, 5.41) is 13.8. The first-order valence-electron chi connectivity index (χ1n) is 5.66. The number of hydrogen-bond acceptors (Lipinski definition) is 4. The fraction of sp³-hybridized carbons (Fsp3) is 0.250. The summed E-state index contributed by atoms with van der Waals surface area (Å²) >= 11 is 1.17. The smallest absolute Gasteiger partial charge is 0.347 e. The van der Waals surface area contributed by atoms with Crippen molar-refractivity contribution in [1.82, 2.24) is 14.8 Å². The van der Waals surface area contributed by atoms with E-state index in [1.807, 2.05) is 23.0 Å². The van der Waals surface area contributed by atoms with Crippen LogP contribution in [0.5, 0.6) is 0 Å². The summed E-state index contributed by atoms with van der Waals surface area (Å²) in [7, 11) is 0. The highest BCUT2D eigenvalue weighted by Gasteiger charge is 2.14. The Labute approximate surface area is 107 Å². The number of aromatic nitrogens is 3. The molecule has 3 rings (SSSR count). The van der Waals surface area contributed by atoms with E-state index in [0.717, 1.165) is 24.9 Å². The number of carbonyl (C=O) groups is 1. The Bertz CT molecular complexity index is 627. The van der Waals surface area contributed by atoms with E-state index in [9.17, 15) is 4.79 Å². The Morgan fingerprint density at radius 3 is 3.11 bits per heavy atom. The van der Waals surface area contributed by atoms with Crippen LogP contribution in [0.1, 0.15) is 32.4 Å². The quantitative estimate of drug-likeness (QED) is 0.919. The summed E-state index contributed by atoms with van der Waals surface area (Å²) in [5.74, 6) is -0.932. The summed E-state index contributed by atoms with van der Waals surface area (Å²) in [4.78, 5) is 15.0. The lowest BCUT2D eigenvalue weighted by molar-refractivity contribution is 0.0702. The minimum Gasteiger partial charge on any atom is -0.477 e. The Morgan fingerprint density at radius 1 is 1.44 bits per heavy atom. The van der Waals surface area contributed by atoms with E-state index in [0.29, 0.717) is 5.01 Å². The van der Waals surface area contributed by atoms with Gasteiger partial charge in [-0.15, -0.1) is 11.3 Å². The van der Waals surface area contributed by atoms with Gasteiger partial charge in [-0.1, -0.05) is 0 Å². The van der Waals surface area contributed by atoms with E-state index >= 15 is 0 Å². The average Bonchev–Trinajstić information content (AvgIpc) is 3.03. The number of hydrogen-bond donors (Lipinski definition) is 1. The maximum Gasteiger partial charge on any atom is 0.347 e. The number of nitrogens with zero attached hydrogens (tertiary/aromatic N) is 3. The maximum absolute atomic E-state index is 10.7. The fourth-order valence-electron chi connectivity index (χ4n) is 2.05. The molecule has 0 radical (unpaired) electrons. The van der Waals surface area contributed by atoms with Crippen molar-refractivity contribution >= 4 is 29.5 Å². The molecule has 1 aliphatic rings. The summed E-state index contributed by atoms with van der Waals surface area (Å²) in [6, 6.07) is 0. The van der Waals surface area contributed by atoms with E-state index < -0.39 is 5.97 Å². The van der Waals surface area contributed by atoms with Crippen LogP contribution in [-0.2, 0) is 13.0 Å². The Morgan fingerprint density at radius 2 is 2.33 bits per heavy atom. The first-order chi connectivity index (χ1) is 8.74. The van der Waals surface area contributed by atoms with Crippen LogP contribution in [-0.4, -0.2) is 25.8 Å². The number of rotatable bonds is 3. The summed E-state index contributed by atoms with van der Waals surface area (Å²) in [5.41, 5.74) is 2.35. The topological polar surface area (TPSA) is 68.0 Å². The minimum atomic E-state index is -0.932. The molecule has 6 heteroatoms. The molecule has 1 N–H and O–H groups in total. The molecule has 0 fully saturated rings. The normalized spacial score (nSPS) is 14.2. The van der Waals surface area contributed by atoms with Crippen LogP contribution in [0.25, 0.3) is 12.2 Å². The van der Waals surface area contributed by atoms with Crippen molar-refractivity contribution in [1.29, 1.82) is 0 Å². The predicted molar refractivity (Wildman–Crippen MR) is 68.5 cm³/mol. The Balaban J connectivity index is 1.82. The maximum atomic E-state index is 10.7. The van der Waals surface area contributed by atoms with Gasteiger partial charge in [0.25, 0.3) is 0 Å². The van der Waals surface area contributed by atoms with Crippen molar-refractivity contribution in [3.8, 4) is 0 Å². The zero-order valence-corrected chi connectivity index (χ0v) is 10.4. The van der Waals surface area contributed by atoms with Crippen LogP contribution in [0.2, 0.25) is 0 Å². The highest BCUT2D eigenvalue weighted by Crippen LogP contribution is 2.21. The molecule has 18 heavy (non-hydrogen) atoms. The third kappa shape index (κ3) is 1.95. The van der Waals surface area contributed by atoms with E-state index in [1.165, 1.54) is 23.2 Å². The molecule has 5 nitrogen and oxygen atoms in total. The van der Waals surface area contributed by atoms with Gasteiger partial charge >= 0.3 is 5.97 Å². The number of fused-ring (bicyclic) bond motifs is 1. The number of thiazole rings is 1. The lowest BCUT2D eigenvalue weighted by Crippen LogP contribution is -1.92. The second-order valence-electron chi connectivity index (χ2n) is 4.07. The van der Waals surface area contributed by atoms with E-state index in [2.05, 4.69) is 10.1 Å². The van der Waals surface area contributed by atoms with Crippen LogP contribution >= 0.6 is 11.3 Å². The van der Waals surface area contributed by atoms with Gasteiger partial charge in [0.05, 0.1) is 12.4 Å². The molecule has 0 amide bonds. The number of carboxylic acids is 1. The summed E-state index contributed by atoms with van der Waals surface area (Å²) < 4.78 is 2.02. The van der Waals surface area contributed by atoms with Crippen LogP contribution < -0.4 is 0 Å². The second kappa shape index (κ2) is 4.38. The molecule has 92 valence electrons. The van der Waals surface area contributed by atoms with Crippen molar-refractivity contribution in [3.63, 3.8) is 0 Å². The summed E-state index contributed by atoms with van der Waals surface area (Å²) in [6.07, 6.45) is 9.22. The highest BCUT2D eigenvalue weighted by atomic mass is 32.1. The Hall–Kier alpha value is -1.95. The molecule has 0 aromatic carbocycles. The first-order valence-corrected chi connectivity index (χ1v) is 6.47. The van der Waals surface area contributed by atoms with E-state index in [-0.39, 0.29) is 4.88 Å². The fourth-order valence-corrected chi connectivity index (χ4v) is 2.71. The van der Waals surface area contributed by atoms with Crippen molar-refractivity contribution in [2.45, 2.75) is 19.4 Å². The van der Waals surface area contributed by atoms with Crippen LogP contribution in [0, 0.1) is 0 Å². The second-order valence-corrected chi connectivity index (χ2v) is 5.14. The van der Waals surface area contributed by atoms with Gasteiger partial charge in [-0.3, -0.25) is 4.68 Å². The van der Waals surface area contributed by atoms with Crippen molar-refractivity contribution in [3.05, 3.63) is 33.5 Å². The molecule has 0 atom stereocenters. The lowest BCUT2D eigenvalue weighted by Gasteiger charge is -1.92. The van der Waals surface area contributed by atoms with Crippen molar-refractivity contribution in [2.75, 3.05) is 0 Å². The molecule has 0 saturated heterocycles. The van der Waals surface area contributed by atoms with Gasteiger partial charge in [0, 0.05) is 17.8 Å². The van der Waals surface area contributed by atoms with E-state index in [1.54, 1.807) is 0 Å². The van der Waals surface area contributed by atoms with Crippen LogP contribution in [0.15, 0.2) is 12.4 Å². The van der Waals surface area contributed by atoms with Gasteiger partial charge < -0.3 is 5.11 Å².